The van der Waals surface area contributed by atoms with Crippen molar-refractivity contribution in [3.63, 3.8) is 0 Å². The number of alkyl carbamates (subject to hydrolysis) is 1. The molecule has 3 rings (SSSR count). The van der Waals surface area contributed by atoms with Gasteiger partial charge in [-0.2, -0.15) is 0 Å². The highest BCUT2D eigenvalue weighted by Crippen LogP contribution is 2.65. The van der Waals surface area contributed by atoms with Crippen LogP contribution in [0.5, 0.6) is 0 Å². The lowest BCUT2D eigenvalue weighted by atomic mass is 9.58. The standard InChI is InChI=1S/C21H30N2O7/c1-21(2,3)30-20(27)23-7-6-22-17(24)12-9-10-8-11(12)14-13(10)15(18(25)28-4)16(14)19(26)29-5/h10-14H,6-9H2,1-5H3,(H,22,24)(H,23,27)/t10-,11+,12-,13-,14+/m0/s1. The summed E-state index contributed by atoms with van der Waals surface area (Å²) in [7, 11) is 2.58. The zero-order valence-electron chi connectivity index (χ0n) is 18.1. The van der Waals surface area contributed by atoms with E-state index in [1.165, 1.54) is 14.2 Å². The number of hydrogen-bond donors (Lipinski definition) is 2. The predicted octanol–water partition coefficient (Wildman–Crippen LogP) is 1.17. The molecule has 0 aromatic rings. The fraction of sp³-hybridized carbons (Fsp3) is 0.714. The molecule has 5 atom stereocenters. The van der Waals surface area contributed by atoms with Gasteiger partial charge in [0.15, 0.2) is 0 Å². The summed E-state index contributed by atoms with van der Waals surface area (Å²) in [4.78, 5) is 48.8. The summed E-state index contributed by atoms with van der Waals surface area (Å²) in [6.07, 6.45) is 0.939. The minimum absolute atomic E-state index is 0.00122. The van der Waals surface area contributed by atoms with Gasteiger partial charge in [0.1, 0.15) is 5.60 Å². The first-order valence-corrected chi connectivity index (χ1v) is 10.2. The first-order valence-electron chi connectivity index (χ1n) is 10.2. The summed E-state index contributed by atoms with van der Waals surface area (Å²) in [5.74, 6) is -1.32. The van der Waals surface area contributed by atoms with Crippen molar-refractivity contribution in [1.82, 2.24) is 10.6 Å². The summed E-state index contributed by atoms with van der Waals surface area (Å²) in [6.45, 7) is 5.88. The summed E-state index contributed by atoms with van der Waals surface area (Å²) in [5.41, 5.74) is 0.206. The van der Waals surface area contributed by atoms with Crippen molar-refractivity contribution in [2.24, 2.45) is 29.6 Å². The van der Waals surface area contributed by atoms with E-state index >= 15 is 0 Å². The Morgan fingerprint density at radius 3 is 2.03 bits per heavy atom. The van der Waals surface area contributed by atoms with E-state index in [0.717, 1.165) is 6.42 Å². The third kappa shape index (κ3) is 4.02. The lowest BCUT2D eigenvalue weighted by molar-refractivity contribution is -0.143. The number of esters is 2. The van der Waals surface area contributed by atoms with Crippen molar-refractivity contribution in [3.8, 4) is 0 Å². The molecule has 166 valence electrons. The van der Waals surface area contributed by atoms with Crippen LogP contribution in [0.4, 0.5) is 4.79 Å². The van der Waals surface area contributed by atoms with Gasteiger partial charge in [-0.15, -0.1) is 0 Å². The van der Waals surface area contributed by atoms with Crippen LogP contribution in [0.25, 0.3) is 0 Å². The molecule has 3 aliphatic rings. The molecule has 2 N–H and O–H groups in total. The number of rotatable bonds is 6. The molecule has 0 saturated heterocycles. The Balaban J connectivity index is 1.56. The fourth-order valence-electron chi connectivity index (χ4n) is 5.24. The van der Waals surface area contributed by atoms with E-state index in [1.54, 1.807) is 20.8 Å². The second-order valence-electron chi connectivity index (χ2n) is 9.08. The Labute approximate surface area is 175 Å². The minimum Gasteiger partial charge on any atom is -0.466 e. The number of carbonyl (C=O) groups excluding carboxylic acids is 4. The Morgan fingerprint density at radius 1 is 0.900 bits per heavy atom. The first kappa shape index (κ1) is 22.1. The molecule has 9 nitrogen and oxygen atoms in total. The van der Waals surface area contributed by atoms with Gasteiger partial charge in [-0.1, -0.05) is 0 Å². The molecule has 0 aliphatic heterocycles. The van der Waals surface area contributed by atoms with Crippen LogP contribution in [-0.2, 0) is 28.6 Å². The molecule has 0 aromatic heterocycles. The average Bonchev–Trinajstić information content (AvgIpc) is 3.18. The Kier molecular flexibility index (Phi) is 6.10. The number of methoxy groups -OCH3 is 2. The van der Waals surface area contributed by atoms with Gasteiger partial charge < -0.3 is 24.8 Å². The monoisotopic (exact) mass is 422 g/mol. The highest BCUT2D eigenvalue weighted by Gasteiger charge is 2.64. The van der Waals surface area contributed by atoms with Crippen LogP contribution in [0, 0.1) is 29.6 Å². The topological polar surface area (TPSA) is 120 Å². The van der Waals surface area contributed by atoms with Gasteiger partial charge in [-0.25, -0.2) is 14.4 Å². The van der Waals surface area contributed by atoms with Crippen LogP contribution in [0.3, 0.4) is 0 Å². The van der Waals surface area contributed by atoms with Crippen molar-refractivity contribution in [3.05, 3.63) is 11.1 Å². The molecule has 3 aliphatic carbocycles. The van der Waals surface area contributed by atoms with Gasteiger partial charge in [-0.3, -0.25) is 4.79 Å². The third-order valence-electron chi connectivity index (χ3n) is 6.20. The van der Waals surface area contributed by atoms with Crippen molar-refractivity contribution >= 4 is 23.9 Å². The van der Waals surface area contributed by atoms with Gasteiger partial charge in [-0.05, 0) is 45.4 Å². The van der Waals surface area contributed by atoms with Crippen LogP contribution in [0.15, 0.2) is 11.1 Å². The van der Waals surface area contributed by atoms with E-state index in [4.69, 9.17) is 14.2 Å². The lowest BCUT2D eigenvalue weighted by Crippen LogP contribution is -2.48. The molecule has 9 heteroatoms. The van der Waals surface area contributed by atoms with Crippen LogP contribution in [0.2, 0.25) is 0 Å². The largest absolute Gasteiger partial charge is 0.466 e. The molecule has 2 amide bonds. The van der Waals surface area contributed by atoms with E-state index in [1.807, 2.05) is 0 Å². The Bertz CT molecular complexity index is 783. The number of carbonyl (C=O) groups is 4. The van der Waals surface area contributed by atoms with Crippen LogP contribution < -0.4 is 10.6 Å². The number of nitrogens with one attached hydrogen (secondary N) is 2. The Hall–Kier alpha value is -2.58. The molecule has 0 heterocycles. The fourth-order valence-corrected chi connectivity index (χ4v) is 5.24. The smallest absolute Gasteiger partial charge is 0.407 e. The lowest BCUT2D eigenvalue weighted by Gasteiger charge is -2.44. The van der Waals surface area contributed by atoms with Crippen LogP contribution in [-0.4, -0.2) is 56.8 Å². The average molecular weight is 422 g/mol. The molecule has 0 radical (unpaired) electrons. The van der Waals surface area contributed by atoms with Crippen molar-refractivity contribution in [2.45, 2.75) is 39.2 Å². The third-order valence-corrected chi connectivity index (χ3v) is 6.20. The number of ether oxygens (including phenoxy) is 3. The first-order chi connectivity index (χ1) is 14.1. The summed E-state index contributed by atoms with van der Waals surface area (Å²) in [5, 5.41) is 5.46. The second-order valence-corrected chi connectivity index (χ2v) is 9.08. The van der Waals surface area contributed by atoms with Crippen molar-refractivity contribution < 1.29 is 33.4 Å². The highest BCUT2D eigenvalue weighted by molar-refractivity contribution is 6.05. The molecular formula is C21H30N2O7. The second kappa shape index (κ2) is 8.28. The number of hydrogen-bond acceptors (Lipinski definition) is 7. The molecule has 0 unspecified atom stereocenters. The molecule has 2 fully saturated rings. The molecule has 0 aromatic carbocycles. The minimum atomic E-state index is -0.580. The van der Waals surface area contributed by atoms with E-state index in [-0.39, 0.29) is 48.6 Å². The van der Waals surface area contributed by atoms with Gasteiger partial charge in [0, 0.05) is 30.8 Å². The summed E-state index contributed by atoms with van der Waals surface area (Å²) >= 11 is 0. The molecular weight excluding hydrogens is 392 g/mol. The van der Waals surface area contributed by atoms with Gasteiger partial charge in [0.25, 0.3) is 0 Å². The van der Waals surface area contributed by atoms with Crippen molar-refractivity contribution in [2.75, 3.05) is 27.3 Å². The number of fused-ring (bicyclic) bond motifs is 5. The molecule has 2 saturated carbocycles. The maximum Gasteiger partial charge on any atom is 0.407 e. The normalized spacial score (nSPS) is 28.9. The zero-order chi connectivity index (χ0) is 22.2. The highest BCUT2D eigenvalue weighted by atomic mass is 16.6. The Morgan fingerprint density at radius 2 is 1.47 bits per heavy atom. The van der Waals surface area contributed by atoms with Gasteiger partial charge in [0.2, 0.25) is 5.91 Å². The molecule has 0 spiro atoms. The number of amides is 2. The van der Waals surface area contributed by atoms with E-state index in [0.29, 0.717) is 17.6 Å². The zero-order valence-corrected chi connectivity index (χ0v) is 18.1. The SMILES string of the molecule is COC(=O)C1=C(C(=O)OC)[C@H]2[C@H]3C[C@@H]([C@@H]12)[C@@H](C(=O)NCCNC(=O)OC(C)(C)C)C3. The van der Waals surface area contributed by atoms with Crippen LogP contribution in [0.1, 0.15) is 33.6 Å². The maximum atomic E-state index is 12.7. The molecule has 30 heavy (non-hydrogen) atoms. The van der Waals surface area contributed by atoms with Gasteiger partial charge >= 0.3 is 18.0 Å². The molecule has 2 bridgehead atoms. The van der Waals surface area contributed by atoms with Crippen molar-refractivity contribution in [1.29, 1.82) is 0 Å². The summed E-state index contributed by atoms with van der Waals surface area (Å²) in [6, 6.07) is 0. The quantitative estimate of drug-likeness (QED) is 0.375. The van der Waals surface area contributed by atoms with Gasteiger partial charge in [0.05, 0.1) is 25.4 Å². The maximum absolute atomic E-state index is 12.7. The van der Waals surface area contributed by atoms with E-state index < -0.39 is 23.6 Å². The van der Waals surface area contributed by atoms with Crippen LogP contribution >= 0.6 is 0 Å². The van der Waals surface area contributed by atoms with E-state index in [9.17, 15) is 19.2 Å². The predicted molar refractivity (Wildman–Crippen MR) is 105 cm³/mol. The summed E-state index contributed by atoms with van der Waals surface area (Å²) < 4.78 is 14.9. The van der Waals surface area contributed by atoms with E-state index in [2.05, 4.69) is 10.6 Å².